The van der Waals surface area contributed by atoms with Crippen LogP contribution >= 0.6 is 0 Å². The number of anilines is 1. The molecule has 11 heteroatoms. The van der Waals surface area contributed by atoms with Crippen molar-refractivity contribution in [1.82, 2.24) is 19.9 Å². The van der Waals surface area contributed by atoms with Crippen LogP contribution in [0, 0.1) is 29.9 Å². The maximum Gasteiger partial charge on any atom is 0.319 e. The van der Waals surface area contributed by atoms with Crippen molar-refractivity contribution in [3.8, 4) is 35.4 Å². The van der Waals surface area contributed by atoms with E-state index in [0.29, 0.717) is 42.5 Å². The number of phenols is 1. The first-order valence-corrected chi connectivity index (χ1v) is 14.9. The smallest absolute Gasteiger partial charge is 0.319 e. The monoisotopic (exact) mass is 603 g/mol. The zero-order valence-electron chi connectivity index (χ0n) is 24.2. The molecule has 7 rings (SSSR count). The predicted octanol–water partition coefficient (Wildman–Crippen LogP) is 4.97. The summed E-state index contributed by atoms with van der Waals surface area (Å²) in [6, 6.07) is 5.30. The van der Waals surface area contributed by atoms with E-state index < -0.39 is 29.4 Å². The number of rotatable bonds is 5. The molecule has 0 radical (unpaired) electrons. The number of aliphatic hydroxyl groups excluding tert-OH is 1. The van der Waals surface area contributed by atoms with Gasteiger partial charge in [-0.1, -0.05) is 18.9 Å². The van der Waals surface area contributed by atoms with Crippen LogP contribution in [0.15, 0.2) is 30.5 Å². The lowest BCUT2D eigenvalue weighted by Crippen LogP contribution is -2.44. The zero-order chi connectivity index (χ0) is 30.7. The molecule has 2 aromatic heterocycles. The van der Waals surface area contributed by atoms with Crippen molar-refractivity contribution in [2.45, 2.75) is 50.4 Å². The van der Waals surface area contributed by atoms with Crippen LogP contribution in [0.3, 0.4) is 0 Å². The number of terminal acetylenes is 1. The molecule has 4 atom stereocenters. The number of aromatic hydroxyl groups is 1. The highest BCUT2D eigenvalue weighted by Crippen LogP contribution is 2.42. The Morgan fingerprint density at radius 1 is 1.18 bits per heavy atom. The molecular formula is C33H32F3N5O3. The fourth-order valence-electron chi connectivity index (χ4n) is 7.16. The minimum absolute atomic E-state index is 0.0729. The average Bonchev–Trinajstić information content (AvgIpc) is 3.53. The largest absolute Gasteiger partial charge is 0.508 e. The fraction of sp³-hybridized carbons (Fsp3) is 0.424. The van der Waals surface area contributed by atoms with E-state index in [4.69, 9.17) is 11.2 Å². The van der Waals surface area contributed by atoms with Gasteiger partial charge in [-0.3, -0.25) is 9.88 Å². The van der Waals surface area contributed by atoms with Crippen molar-refractivity contribution in [3.63, 3.8) is 0 Å². The Morgan fingerprint density at radius 3 is 2.82 bits per heavy atom. The van der Waals surface area contributed by atoms with Gasteiger partial charge in [-0.05, 0) is 55.3 Å². The lowest BCUT2D eigenvalue weighted by atomic mass is 9.95. The van der Waals surface area contributed by atoms with E-state index in [1.807, 2.05) is 11.8 Å². The van der Waals surface area contributed by atoms with Crippen LogP contribution in [-0.4, -0.2) is 80.7 Å². The Labute approximate surface area is 252 Å². The minimum Gasteiger partial charge on any atom is -0.508 e. The summed E-state index contributed by atoms with van der Waals surface area (Å²) in [6.07, 6.45) is 8.30. The Balaban J connectivity index is 1.38. The number of pyridine rings is 1. The van der Waals surface area contributed by atoms with Crippen LogP contribution in [0.1, 0.15) is 38.2 Å². The first-order chi connectivity index (χ1) is 21.2. The molecule has 3 aliphatic heterocycles. The van der Waals surface area contributed by atoms with Crippen molar-refractivity contribution in [2.75, 3.05) is 37.7 Å². The number of aliphatic hydroxyl groups is 1. The maximum atomic E-state index is 16.7. The van der Waals surface area contributed by atoms with Gasteiger partial charge in [-0.15, -0.1) is 6.42 Å². The molecule has 8 nitrogen and oxygen atoms in total. The van der Waals surface area contributed by atoms with Crippen molar-refractivity contribution in [1.29, 1.82) is 0 Å². The van der Waals surface area contributed by atoms with Crippen LogP contribution in [0.4, 0.5) is 19.0 Å². The van der Waals surface area contributed by atoms with E-state index >= 15 is 4.39 Å². The molecule has 3 fully saturated rings. The number of β-amino-alcohol motifs (C(OH)–C–C–N with tert-alkyl or cyclic N) is 1. The minimum atomic E-state index is -0.940. The first-order valence-electron chi connectivity index (χ1n) is 14.9. The summed E-state index contributed by atoms with van der Waals surface area (Å²) in [5, 5.41) is 22.1. The molecule has 2 aromatic carbocycles. The van der Waals surface area contributed by atoms with Crippen LogP contribution in [0.2, 0.25) is 0 Å². The molecule has 3 saturated heterocycles. The fourth-order valence-corrected chi connectivity index (χ4v) is 7.16. The lowest BCUT2D eigenvalue weighted by Gasteiger charge is -2.35. The molecule has 0 spiro atoms. The zero-order valence-corrected chi connectivity index (χ0v) is 24.2. The lowest BCUT2D eigenvalue weighted by molar-refractivity contribution is 0.101. The van der Waals surface area contributed by atoms with Gasteiger partial charge in [0.15, 0.2) is 5.82 Å². The van der Waals surface area contributed by atoms with E-state index in [9.17, 15) is 19.0 Å². The van der Waals surface area contributed by atoms with Gasteiger partial charge in [0.25, 0.3) is 0 Å². The van der Waals surface area contributed by atoms with Gasteiger partial charge in [0.2, 0.25) is 0 Å². The van der Waals surface area contributed by atoms with Crippen molar-refractivity contribution in [3.05, 3.63) is 47.7 Å². The number of hydrogen-bond donors (Lipinski definition) is 2. The van der Waals surface area contributed by atoms with E-state index in [-0.39, 0.29) is 58.6 Å². The quantitative estimate of drug-likeness (QED) is 0.309. The molecule has 2 N–H and O–H groups in total. The number of ether oxygens (including phenoxy) is 1. The van der Waals surface area contributed by atoms with Crippen LogP contribution in [-0.2, 0) is 0 Å². The molecule has 3 aliphatic rings. The molecule has 0 aliphatic carbocycles. The van der Waals surface area contributed by atoms with Crippen molar-refractivity contribution < 1.29 is 28.1 Å². The number of fused-ring (bicyclic) bond motifs is 3. The third-order valence-corrected chi connectivity index (χ3v) is 9.54. The number of halogens is 3. The first kappa shape index (κ1) is 28.6. The summed E-state index contributed by atoms with van der Waals surface area (Å²) in [6.45, 7) is 4.12. The number of benzene rings is 2. The summed E-state index contributed by atoms with van der Waals surface area (Å²) in [4.78, 5) is 17.5. The third-order valence-electron chi connectivity index (χ3n) is 9.54. The number of aromatic nitrogens is 3. The Bertz CT molecular complexity index is 1830. The molecule has 4 aromatic rings. The topological polar surface area (TPSA) is 94.8 Å². The predicted molar refractivity (Wildman–Crippen MR) is 160 cm³/mol. The second-order valence-electron chi connectivity index (χ2n) is 12.3. The van der Waals surface area contributed by atoms with Crippen molar-refractivity contribution >= 4 is 27.5 Å². The Morgan fingerprint density at radius 2 is 2.02 bits per heavy atom. The summed E-state index contributed by atoms with van der Waals surface area (Å²) in [7, 11) is 0. The molecule has 0 bridgehead atoms. The summed E-state index contributed by atoms with van der Waals surface area (Å²) in [5.41, 5.74) is -0.705. The SMILES string of the molecule is C#Cc1c(F)ccc2cc(O)cc(-c3ncc4c(N5CCC(C)C(O)C5)nc(OC[C@@]56CCCN5C[C@H](F)C6)nc4c3F)c12. The van der Waals surface area contributed by atoms with Crippen LogP contribution in [0.5, 0.6) is 11.8 Å². The Hall–Kier alpha value is -4.14. The number of alkyl halides is 1. The van der Waals surface area contributed by atoms with Gasteiger partial charge in [0, 0.05) is 43.2 Å². The van der Waals surface area contributed by atoms with E-state index in [1.165, 1.54) is 30.5 Å². The molecule has 228 valence electrons. The highest BCUT2D eigenvalue weighted by atomic mass is 19.1. The normalized spacial score (nSPS) is 25.5. The second kappa shape index (κ2) is 10.8. The molecule has 2 unspecified atom stereocenters. The third kappa shape index (κ3) is 4.68. The highest BCUT2D eigenvalue weighted by Gasteiger charge is 2.49. The van der Waals surface area contributed by atoms with Gasteiger partial charge in [0.1, 0.15) is 41.4 Å². The standard InChI is InChI=1S/C33H32F3N5O3/c1-3-22-25(35)6-5-19-11-21(42)12-23(27(19)22)29-28(36)30-24(14-37-29)31(40-10-7-18(2)26(43)16-40)39-32(38-30)44-17-33-8-4-9-41(33)15-20(34)13-33/h1,5-6,11-12,14,18,20,26,42-43H,4,7-10,13,15-17H2,2H3/t18?,20-,26?,33+/m1/s1. The van der Waals surface area contributed by atoms with E-state index in [0.717, 1.165) is 19.4 Å². The van der Waals surface area contributed by atoms with Crippen LogP contribution < -0.4 is 9.64 Å². The molecular weight excluding hydrogens is 571 g/mol. The van der Waals surface area contributed by atoms with Crippen LogP contribution in [0.25, 0.3) is 32.9 Å². The van der Waals surface area contributed by atoms with Gasteiger partial charge in [-0.25, -0.2) is 13.2 Å². The summed E-state index contributed by atoms with van der Waals surface area (Å²) < 4.78 is 52.0. The number of piperidine rings is 1. The van der Waals surface area contributed by atoms with E-state index in [1.54, 1.807) is 0 Å². The van der Waals surface area contributed by atoms with Gasteiger partial charge in [-0.2, -0.15) is 9.97 Å². The molecule has 5 heterocycles. The average molecular weight is 604 g/mol. The molecule has 0 saturated carbocycles. The van der Waals surface area contributed by atoms with E-state index in [2.05, 4.69) is 25.8 Å². The Kier molecular flexibility index (Phi) is 7.02. The number of hydrogen-bond acceptors (Lipinski definition) is 8. The van der Waals surface area contributed by atoms with Gasteiger partial charge >= 0.3 is 6.01 Å². The molecule has 0 amide bonds. The van der Waals surface area contributed by atoms with Crippen molar-refractivity contribution in [2.24, 2.45) is 5.92 Å². The number of phenolic OH excluding ortho intramolecular Hbond substituents is 1. The van der Waals surface area contributed by atoms with Gasteiger partial charge < -0.3 is 19.8 Å². The summed E-state index contributed by atoms with van der Waals surface area (Å²) in [5.74, 6) is 1.14. The summed E-state index contributed by atoms with van der Waals surface area (Å²) >= 11 is 0. The van der Waals surface area contributed by atoms with Gasteiger partial charge in [0.05, 0.1) is 22.6 Å². The second-order valence-corrected chi connectivity index (χ2v) is 12.3. The highest BCUT2D eigenvalue weighted by molar-refractivity contribution is 6.03. The molecule has 44 heavy (non-hydrogen) atoms. The maximum absolute atomic E-state index is 16.7. The number of nitrogens with zero attached hydrogens (tertiary/aromatic N) is 5.